The maximum atomic E-state index is 11.4. The molecule has 0 aliphatic carbocycles. The highest BCUT2D eigenvalue weighted by Gasteiger charge is 2.18. The molecule has 0 atom stereocenters. The Labute approximate surface area is 145 Å². The minimum Gasteiger partial charge on any atom is -0.494 e. The number of rotatable bonds is 9. The molecule has 0 unspecified atom stereocenters. The molecule has 2 rings (SSSR count). The molecule has 1 heterocycles. The first kappa shape index (κ1) is 18.6. The zero-order valence-corrected chi connectivity index (χ0v) is 15.0. The van der Waals surface area contributed by atoms with Crippen LogP contribution in [0, 0.1) is 0 Å². The van der Waals surface area contributed by atoms with Crippen molar-refractivity contribution in [3.8, 4) is 5.75 Å². The van der Waals surface area contributed by atoms with Crippen LogP contribution in [0.3, 0.4) is 0 Å². The van der Waals surface area contributed by atoms with Crippen LogP contribution in [0.15, 0.2) is 24.3 Å². The fourth-order valence-electron chi connectivity index (χ4n) is 2.92. The largest absolute Gasteiger partial charge is 0.494 e. The summed E-state index contributed by atoms with van der Waals surface area (Å²) in [5.74, 6) is 1.10. The van der Waals surface area contributed by atoms with E-state index >= 15 is 0 Å². The molecule has 1 amide bonds. The van der Waals surface area contributed by atoms with Gasteiger partial charge >= 0.3 is 0 Å². The lowest BCUT2D eigenvalue weighted by Gasteiger charge is -2.35. The SMILES string of the molecule is COCCCCCCOc1ccc(N2CCN(C(C)=O)CC2)cc1. The van der Waals surface area contributed by atoms with Gasteiger partial charge in [-0.25, -0.2) is 0 Å². The average Bonchev–Trinajstić information content (AvgIpc) is 2.61. The summed E-state index contributed by atoms with van der Waals surface area (Å²) in [7, 11) is 1.75. The number of ether oxygens (including phenoxy) is 2. The molecule has 0 aromatic heterocycles. The molecule has 24 heavy (non-hydrogen) atoms. The Balaban J connectivity index is 1.67. The number of amides is 1. The molecule has 0 spiro atoms. The Morgan fingerprint density at radius 1 is 0.958 bits per heavy atom. The van der Waals surface area contributed by atoms with Crippen molar-refractivity contribution in [3.05, 3.63) is 24.3 Å². The number of hydrogen-bond donors (Lipinski definition) is 0. The van der Waals surface area contributed by atoms with Crippen molar-refractivity contribution in [2.45, 2.75) is 32.6 Å². The molecule has 0 saturated carbocycles. The first-order valence-corrected chi connectivity index (χ1v) is 8.93. The minimum atomic E-state index is 0.167. The van der Waals surface area contributed by atoms with Crippen LogP contribution >= 0.6 is 0 Å². The van der Waals surface area contributed by atoms with Gasteiger partial charge in [-0.15, -0.1) is 0 Å². The molecular weight excluding hydrogens is 304 g/mol. The lowest BCUT2D eigenvalue weighted by Crippen LogP contribution is -2.48. The van der Waals surface area contributed by atoms with Gasteiger partial charge in [-0.2, -0.15) is 0 Å². The predicted octanol–water partition coefficient (Wildman–Crippen LogP) is 2.94. The molecule has 1 aromatic rings. The van der Waals surface area contributed by atoms with Crippen LogP contribution < -0.4 is 9.64 Å². The molecule has 1 aliphatic rings. The van der Waals surface area contributed by atoms with Crippen molar-refractivity contribution in [1.82, 2.24) is 4.90 Å². The number of nitrogens with zero attached hydrogens (tertiary/aromatic N) is 2. The van der Waals surface area contributed by atoms with Crippen LogP contribution in [0.4, 0.5) is 5.69 Å². The fraction of sp³-hybridized carbons (Fsp3) is 0.632. The van der Waals surface area contributed by atoms with Gasteiger partial charge in [0.2, 0.25) is 5.91 Å². The lowest BCUT2D eigenvalue weighted by atomic mass is 10.2. The maximum absolute atomic E-state index is 11.4. The summed E-state index contributed by atoms with van der Waals surface area (Å²) >= 11 is 0. The van der Waals surface area contributed by atoms with Crippen LogP contribution in [0.1, 0.15) is 32.6 Å². The Kier molecular flexibility index (Phi) is 7.89. The summed E-state index contributed by atoms with van der Waals surface area (Å²) in [6, 6.07) is 8.30. The number of hydrogen-bond acceptors (Lipinski definition) is 4. The van der Waals surface area contributed by atoms with Crippen molar-refractivity contribution >= 4 is 11.6 Å². The van der Waals surface area contributed by atoms with Gasteiger partial charge in [-0.05, 0) is 43.5 Å². The third kappa shape index (κ3) is 6.04. The molecule has 1 aromatic carbocycles. The second-order valence-electron chi connectivity index (χ2n) is 6.24. The van der Waals surface area contributed by atoms with Crippen LogP contribution in [-0.2, 0) is 9.53 Å². The highest BCUT2D eigenvalue weighted by molar-refractivity contribution is 5.73. The van der Waals surface area contributed by atoms with Gasteiger partial charge in [-0.1, -0.05) is 6.42 Å². The fourth-order valence-corrected chi connectivity index (χ4v) is 2.92. The van der Waals surface area contributed by atoms with Crippen molar-refractivity contribution in [2.24, 2.45) is 0 Å². The average molecular weight is 334 g/mol. The van der Waals surface area contributed by atoms with Gasteiger partial charge < -0.3 is 19.3 Å². The number of carbonyl (C=O) groups is 1. The normalized spacial score (nSPS) is 14.8. The number of anilines is 1. The van der Waals surface area contributed by atoms with Gasteiger partial charge in [-0.3, -0.25) is 4.79 Å². The zero-order chi connectivity index (χ0) is 17.2. The molecule has 134 valence electrons. The second kappa shape index (κ2) is 10.2. The summed E-state index contributed by atoms with van der Waals surface area (Å²) in [5, 5.41) is 0. The van der Waals surface area contributed by atoms with E-state index in [2.05, 4.69) is 17.0 Å². The summed E-state index contributed by atoms with van der Waals surface area (Å²) in [4.78, 5) is 15.6. The molecule has 0 N–H and O–H groups in total. The van der Waals surface area contributed by atoms with Crippen LogP contribution in [0.2, 0.25) is 0 Å². The topological polar surface area (TPSA) is 42.0 Å². The summed E-state index contributed by atoms with van der Waals surface area (Å²) in [6.45, 7) is 6.64. The molecule has 5 nitrogen and oxygen atoms in total. The van der Waals surface area contributed by atoms with Crippen molar-refractivity contribution in [2.75, 3.05) is 51.4 Å². The Hall–Kier alpha value is -1.75. The monoisotopic (exact) mass is 334 g/mol. The van der Waals surface area contributed by atoms with E-state index < -0.39 is 0 Å². The van der Waals surface area contributed by atoms with E-state index in [0.717, 1.165) is 58.0 Å². The third-order valence-electron chi connectivity index (χ3n) is 4.44. The molecule has 0 bridgehead atoms. The highest BCUT2D eigenvalue weighted by Crippen LogP contribution is 2.21. The van der Waals surface area contributed by atoms with Gasteiger partial charge in [0.25, 0.3) is 0 Å². The molecule has 1 aliphatic heterocycles. The number of carbonyl (C=O) groups excluding carboxylic acids is 1. The number of piperazine rings is 1. The van der Waals surface area contributed by atoms with E-state index in [1.54, 1.807) is 14.0 Å². The highest BCUT2D eigenvalue weighted by atomic mass is 16.5. The lowest BCUT2D eigenvalue weighted by molar-refractivity contribution is -0.129. The molecule has 1 saturated heterocycles. The summed E-state index contributed by atoms with van der Waals surface area (Å²) in [5.41, 5.74) is 1.20. The number of methoxy groups -OCH3 is 1. The molecular formula is C19H30N2O3. The zero-order valence-electron chi connectivity index (χ0n) is 15.0. The first-order valence-electron chi connectivity index (χ1n) is 8.93. The summed E-state index contributed by atoms with van der Waals surface area (Å²) in [6.07, 6.45) is 4.59. The molecule has 1 fully saturated rings. The molecule has 5 heteroatoms. The van der Waals surface area contributed by atoms with Gasteiger partial charge in [0.05, 0.1) is 6.61 Å². The minimum absolute atomic E-state index is 0.167. The first-order chi connectivity index (χ1) is 11.7. The van der Waals surface area contributed by atoms with E-state index in [4.69, 9.17) is 9.47 Å². The smallest absolute Gasteiger partial charge is 0.219 e. The predicted molar refractivity (Wildman–Crippen MR) is 96.7 cm³/mol. The van der Waals surface area contributed by atoms with Crippen molar-refractivity contribution < 1.29 is 14.3 Å². The van der Waals surface area contributed by atoms with Gasteiger partial charge in [0.15, 0.2) is 0 Å². The van der Waals surface area contributed by atoms with Crippen LogP contribution in [0.25, 0.3) is 0 Å². The van der Waals surface area contributed by atoms with E-state index in [0.29, 0.717) is 0 Å². The van der Waals surface area contributed by atoms with E-state index in [9.17, 15) is 4.79 Å². The van der Waals surface area contributed by atoms with Crippen LogP contribution in [0.5, 0.6) is 5.75 Å². The Morgan fingerprint density at radius 3 is 2.17 bits per heavy atom. The molecule has 0 radical (unpaired) electrons. The summed E-state index contributed by atoms with van der Waals surface area (Å²) < 4.78 is 10.8. The third-order valence-corrected chi connectivity index (χ3v) is 4.44. The quantitative estimate of drug-likeness (QED) is 0.651. The standard InChI is InChI=1S/C19H30N2O3/c1-17(22)20-11-13-21(14-12-20)18-7-9-19(10-8-18)24-16-6-4-3-5-15-23-2/h7-10H,3-6,11-16H2,1-2H3. The maximum Gasteiger partial charge on any atom is 0.219 e. The van der Waals surface area contributed by atoms with Gasteiger partial charge in [0, 0.05) is 52.5 Å². The Morgan fingerprint density at radius 2 is 1.58 bits per heavy atom. The Bertz CT molecular complexity index is 482. The van der Waals surface area contributed by atoms with E-state index in [1.807, 2.05) is 17.0 Å². The van der Waals surface area contributed by atoms with Gasteiger partial charge in [0.1, 0.15) is 5.75 Å². The van der Waals surface area contributed by atoms with E-state index in [1.165, 1.54) is 18.5 Å². The van der Waals surface area contributed by atoms with E-state index in [-0.39, 0.29) is 5.91 Å². The van der Waals surface area contributed by atoms with Crippen molar-refractivity contribution in [1.29, 1.82) is 0 Å². The van der Waals surface area contributed by atoms with Crippen molar-refractivity contribution in [3.63, 3.8) is 0 Å². The van der Waals surface area contributed by atoms with Crippen LogP contribution in [-0.4, -0.2) is 57.3 Å². The second-order valence-corrected chi connectivity index (χ2v) is 6.24. The number of unbranched alkanes of at least 4 members (excludes halogenated alkanes) is 3. The number of benzene rings is 1.